The van der Waals surface area contributed by atoms with Gasteiger partial charge in [0.2, 0.25) is 0 Å². The van der Waals surface area contributed by atoms with Crippen molar-refractivity contribution in [2.24, 2.45) is 0 Å². The molecule has 0 spiro atoms. The van der Waals surface area contributed by atoms with Crippen LogP contribution in [-0.2, 0) is 0 Å². The highest BCUT2D eigenvalue weighted by molar-refractivity contribution is 5.60. The van der Waals surface area contributed by atoms with E-state index in [-0.39, 0.29) is 0 Å². The Kier molecular flexibility index (Phi) is 3.67. The van der Waals surface area contributed by atoms with Crippen LogP contribution in [0.2, 0.25) is 0 Å². The molecule has 0 amide bonds. The van der Waals surface area contributed by atoms with Crippen LogP contribution < -0.4 is 10.6 Å². The van der Waals surface area contributed by atoms with E-state index < -0.39 is 0 Å². The zero-order chi connectivity index (χ0) is 15.6. The van der Waals surface area contributed by atoms with Gasteiger partial charge in [0, 0.05) is 24.8 Å². The number of piperidine rings is 1. The highest BCUT2D eigenvalue weighted by atomic mass is 15.1. The van der Waals surface area contributed by atoms with Crippen molar-refractivity contribution in [1.82, 2.24) is 24.7 Å². The second-order valence-electron chi connectivity index (χ2n) is 6.09. The molecule has 6 nitrogen and oxygen atoms in total. The molecule has 1 aliphatic rings. The minimum atomic E-state index is 0.401. The van der Waals surface area contributed by atoms with Gasteiger partial charge in [-0.2, -0.15) is 0 Å². The Labute approximate surface area is 135 Å². The first-order valence-electron chi connectivity index (χ1n) is 8.04. The summed E-state index contributed by atoms with van der Waals surface area (Å²) in [7, 11) is 0. The third kappa shape index (κ3) is 2.90. The van der Waals surface area contributed by atoms with Gasteiger partial charge in [0.05, 0.1) is 24.3 Å². The van der Waals surface area contributed by atoms with Crippen LogP contribution in [0.15, 0.2) is 43.0 Å². The van der Waals surface area contributed by atoms with E-state index in [2.05, 4.69) is 27.5 Å². The largest absolute Gasteiger partial charge is 0.365 e. The zero-order valence-electron chi connectivity index (χ0n) is 13.1. The van der Waals surface area contributed by atoms with E-state index in [1.807, 2.05) is 35.0 Å². The third-order valence-electron chi connectivity index (χ3n) is 4.33. The van der Waals surface area contributed by atoms with E-state index in [1.165, 1.54) is 6.42 Å². The maximum absolute atomic E-state index is 4.72. The molecular formula is C17H20N6. The van der Waals surface area contributed by atoms with Gasteiger partial charge >= 0.3 is 0 Å². The molecule has 0 aliphatic carbocycles. The fourth-order valence-electron chi connectivity index (χ4n) is 3.01. The lowest BCUT2D eigenvalue weighted by atomic mass is 10.0. The number of imidazole rings is 1. The molecule has 0 radical (unpaired) electrons. The van der Waals surface area contributed by atoms with Crippen LogP contribution >= 0.6 is 0 Å². The normalized spacial score (nSPS) is 21.4. The summed E-state index contributed by atoms with van der Waals surface area (Å²) >= 11 is 0. The Hall–Kier alpha value is -2.47. The Morgan fingerprint density at radius 2 is 2.17 bits per heavy atom. The summed E-state index contributed by atoms with van der Waals surface area (Å²) in [5.74, 6) is 0.815. The maximum Gasteiger partial charge on any atom is 0.145 e. The number of fused-ring (bicyclic) bond motifs is 1. The molecular weight excluding hydrogens is 288 g/mol. The molecule has 23 heavy (non-hydrogen) atoms. The van der Waals surface area contributed by atoms with Crippen molar-refractivity contribution in [3.63, 3.8) is 0 Å². The summed E-state index contributed by atoms with van der Waals surface area (Å²) in [6.45, 7) is 3.18. The van der Waals surface area contributed by atoms with Crippen LogP contribution in [0, 0.1) is 0 Å². The fraction of sp³-hybridized carbons (Fsp3) is 0.353. The molecule has 1 fully saturated rings. The van der Waals surface area contributed by atoms with Crippen molar-refractivity contribution in [1.29, 1.82) is 0 Å². The molecule has 0 saturated carbocycles. The summed E-state index contributed by atoms with van der Waals surface area (Å²) < 4.78 is 2.03. The van der Waals surface area contributed by atoms with Crippen LogP contribution in [-0.4, -0.2) is 38.0 Å². The second kappa shape index (κ2) is 5.96. The highest BCUT2D eigenvalue weighted by Gasteiger charge is 2.18. The van der Waals surface area contributed by atoms with Crippen LogP contribution in [0.3, 0.4) is 0 Å². The number of nitrogens with zero attached hydrogens (tertiary/aromatic N) is 4. The molecule has 3 aromatic heterocycles. The smallest absolute Gasteiger partial charge is 0.145 e. The minimum Gasteiger partial charge on any atom is -0.365 e. The number of nitrogens with one attached hydrogen (secondary N) is 2. The number of aromatic nitrogens is 4. The minimum absolute atomic E-state index is 0.401. The van der Waals surface area contributed by atoms with E-state index in [0.29, 0.717) is 12.1 Å². The van der Waals surface area contributed by atoms with Gasteiger partial charge in [0.25, 0.3) is 0 Å². The van der Waals surface area contributed by atoms with Crippen molar-refractivity contribution in [3.05, 3.63) is 43.0 Å². The van der Waals surface area contributed by atoms with Gasteiger partial charge in [-0.15, -0.1) is 0 Å². The SMILES string of the molecule is CC1CCC(Nc2cncc(-c3cnc4ccccn34)n2)CN1. The van der Waals surface area contributed by atoms with Gasteiger partial charge in [-0.3, -0.25) is 9.38 Å². The second-order valence-corrected chi connectivity index (χ2v) is 6.09. The monoisotopic (exact) mass is 308 g/mol. The van der Waals surface area contributed by atoms with Crippen molar-refractivity contribution in [2.45, 2.75) is 31.8 Å². The summed E-state index contributed by atoms with van der Waals surface area (Å²) in [6, 6.07) is 6.95. The third-order valence-corrected chi connectivity index (χ3v) is 4.33. The van der Waals surface area contributed by atoms with Gasteiger partial charge in [-0.05, 0) is 31.9 Å². The van der Waals surface area contributed by atoms with Crippen molar-refractivity contribution < 1.29 is 0 Å². The summed E-state index contributed by atoms with van der Waals surface area (Å²) in [5, 5.41) is 6.98. The summed E-state index contributed by atoms with van der Waals surface area (Å²) in [6.07, 6.45) is 9.72. The van der Waals surface area contributed by atoms with E-state index in [1.54, 1.807) is 12.4 Å². The quantitative estimate of drug-likeness (QED) is 0.777. The topological polar surface area (TPSA) is 67.1 Å². The Balaban J connectivity index is 1.59. The molecule has 1 saturated heterocycles. The molecule has 1 aliphatic heterocycles. The molecule has 4 heterocycles. The molecule has 2 atom stereocenters. The molecule has 2 N–H and O–H groups in total. The molecule has 4 rings (SSSR count). The molecule has 2 unspecified atom stereocenters. The maximum atomic E-state index is 4.72. The van der Waals surface area contributed by atoms with Crippen LogP contribution in [0.4, 0.5) is 5.82 Å². The Morgan fingerprint density at radius 3 is 3.04 bits per heavy atom. The van der Waals surface area contributed by atoms with Gasteiger partial charge in [0.1, 0.15) is 17.2 Å². The molecule has 6 heteroatoms. The van der Waals surface area contributed by atoms with Gasteiger partial charge in [0.15, 0.2) is 0 Å². The first-order valence-corrected chi connectivity index (χ1v) is 8.04. The average molecular weight is 308 g/mol. The summed E-state index contributed by atoms with van der Waals surface area (Å²) in [5.41, 5.74) is 2.69. The highest BCUT2D eigenvalue weighted by Crippen LogP contribution is 2.20. The van der Waals surface area contributed by atoms with E-state index >= 15 is 0 Å². The van der Waals surface area contributed by atoms with E-state index in [0.717, 1.165) is 35.8 Å². The average Bonchev–Trinajstić information content (AvgIpc) is 3.01. The molecule has 0 aromatic carbocycles. The predicted octanol–water partition coefficient (Wildman–Crippen LogP) is 2.34. The van der Waals surface area contributed by atoms with Gasteiger partial charge < -0.3 is 10.6 Å². The Bertz CT molecular complexity index is 803. The molecule has 118 valence electrons. The van der Waals surface area contributed by atoms with E-state index in [4.69, 9.17) is 4.98 Å². The molecule has 3 aromatic rings. The first kappa shape index (κ1) is 14.1. The standard InChI is InChI=1S/C17H20N6/c1-12-5-6-13(8-19-12)21-16-11-18-9-14(22-16)15-10-20-17-4-2-3-7-23(15)17/h2-4,7,9-13,19H,5-6,8H2,1H3,(H,21,22). The van der Waals surface area contributed by atoms with E-state index in [9.17, 15) is 0 Å². The van der Waals surface area contributed by atoms with Crippen LogP contribution in [0.5, 0.6) is 0 Å². The number of anilines is 1. The van der Waals surface area contributed by atoms with Crippen molar-refractivity contribution in [3.8, 4) is 11.4 Å². The van der Waals surface area contributed by atoms with Gasteiger partial charge in [-0.25, -0.2) is 9.97 Å². The fourth-order valence-corrected chi connectivity index (χ4v) is 3.01. The number of hydrogen-bond acceptors (Lipinski definition) is 5. The number of rotatable bonds is 3. The van der Waals surface area contributed by atoms with Crippen LogP contribution in [0.25, 0.3) is 17.0 Å². The number of hydrogen-bond donors (Lipinski definition) is 2. The van der Waals surface area contributed by atoms with Crippen molar-refractivity contribution >= 4 is 11.5 Å². The lowest BCUT2D eigenvalue weighted by Crippen LogP contribution is -2.43. The zero-order valence-corrected chi connectivity index (χ0v) is 13.1. The number of pyridine rings is 1. The first-order chi connectivity index (χ1) is 11.3. The predicted molar refractivity (Wildman–Crippen MR) is 90.3 cm³/mol. The lowest BCUT2D eigenvalue weighted by Gasteiger charge is -2.28. The van der Waals surface area contributed by atoms with Gasteiger partial charge in [-0.1, -0.05) is 6.07 Å². The Morgan fingerprint density at radius 1 is 1.22 bits per heavy atom. The van der Waals surface area contributed by atoms with Crippen molar-refractivity contribution in [2.75, 3.05) is 11.9 Å². The summed E-state index contributed by atoms with van der Waals surface area (Å²) in [4.78, 5) is 13.5. The van der Waals surface area contributed by atoms with Crippen LogP contribution in [0.1, 0.15) is 19.8 Å². The molecule has 0 bridgehead atoms. The lowest BCUT2D eigenvalue weighted by molar-refractivity contribution is 0.398.